The molecule has 1 aromatic carbocycles. The Balaban J connectivity index is 1.85. The summed E-state index contributed by atoms with van der Waals surface area (Å²) in [5, 5.41) is 12.2. The number of carboxylic acids is 1. The van der Waals surface area contributed by atoms with E-state index >= 15 is 0 Å². The molecular formula is C15H20N2O5S. The molecule has 126 valence electrons. The van der Waals surface area contributed by atoms with Gasteiger partial charge in [0.15, 0.2) is 0 Å². The van der Waals surface area contributed by atoms with Gasteiger partial charge in [-0.1, -0.05) is 0 Å². The number of nitrogens with one attached hydrogen (secondary N) is 2. The minimum atomic E-state index is -3.75. The van der Waals surface area contributed by atoms with Crippen LogP contribution in [0.1, 0.15) is 36.0 Å². The fourth-order valence-corrected chi connectivity index (χ4v) is 4.05. The second-order valence-electron chi connectivity index (χ2n) is 5.93. The van der Waals surface area contributed by atoms with Crippen LogP contribution in [-0.2, 0) is 14.8 Å². The Morgan fingerprint density at radius 1 is 1.30 bits per heavy atom. The Hall–Kier alpha value is -1.64. The molecule has 1 saturated carbocycles. The largest absolute Gasteiger partial charge is 0.478 e. The van der Waals surface area contributed by atoms with Crippen LogP contribution in [0.5, 0.6) is 0 Å². The Morgan fingerprint density at radius 2 is 2.09 bits per heavy atom. The number of hydrogen-bond donors (Lipinski definition) is 3. The summed E-state index contributed by atoms with van der Waals surface area (Å²) in [4.78, 5) is 11.1. The summed E-state index contributed by atoms with van der Waals surface area (Å²) in [5.41, 5.74) is 0.350. The Kier molecular flexibility index (Phi) is 4.56. The molecule has 7 nitrogen and oxygen atoms in total. The van der Waals surface area contributed by atoms with Crippen molar-refractivity contribution in [2.45, 2.75) is 42.7 Å². The molecule has 3 rings (SSSR count). The van der Waals surface area contributed by atoms with Crippen LogP contribution < -0.4 is 10.0 Å². The number of ether oxygens (including phenoxy) is 1. The molecule has 1 aliphatic carbocycles. The van der Waals surface area contributed by atoms with Gasteiger partial charge in [-0.05, 0) is 43.9 Å². The lowest BCUT2D eigenvalue weighted by molar-refractivity contribution is 0.0696. The van der Waals surface area contributed by atoms with E-state index in [9.17, 15) is 13.2 Å². The highest BCUT2D eigenvalue weighted by molar-refractivity contribution is 7.89. The predicted molar refractivity (Wildman–Crippen MR) is 84.2 cm³/mol. The molecule has 23 heavy (non-hydrogen) atoms. The van der Waals surface area contributed by atoms with Crippen molar-refractivity contribution in [1.82, 2.24) is 4.72 Å². The molecule has 8 heteroatoms. The lowest BCUT2D eigenvalue weighted by Crippen LogP contribution is -2.27. The zero-order valence-corrected chi connectivity index (χ0v) is 13.4. The Bertz CT molecular complexity index is 694. The SMILES string of the molecule is O=C(O)c1ccc(NCC2CCCO2)c(S(=O)(=O)NC2CC2)c1. The quantitative estimate of drug-likeness (QED) is 0.693. The van der Waals surface area contributed by atoms with Crippen LogP contribution in [0.25, 0.3) is 0 Å². The summed E-state index contributed by atoms with van der Waals surface area (Å²) in [6, 6.07) is 4.06. The van der Waals surface area contributed by atoms with E-state index in [4.69, 9.17) is 9.84 Å². The highest BCUT2D eigenvalue weighted by atomic mass is 32.2. The van der Waals surface area contributed by atoms with Gasteiger partial charge >= 0.3 is 5.97 Å². The molecule has 0 amide bonds. The van der Waals surface area contributed by atoms with Crippen LogP contribution in [-0.4, -0.2) is 44.8 Å². The zero-order chi connectivity index (χ0) is 16.4. The van der Waals surface area contributed by atoms with E-state index in [1.807, 2.05) is 0 Å². The van der Waals surface area contributed by atoms with Gasteiger partial charge in [0, 0.05) is 19.2 Å². The maximum Gasteiger partial charge on any atom is 0.335 e. The second-order valence-corrected chi connectivity index (χ2v) is 7.61. The molecule has 1 aromatic rings. The highest BCUT2D eigenvalue weighted by Crippen LogP contribution is 2.27. The second kappa shape index (κ2) is 6.46. The highest BCUT2D eigenvalue weighted by Gasteiger charge is 2.30. The molecule has 1 heterocycles. The normalized spacial score (nSPS) is 21.3. The van der Waals surface area contributed by atoms with Crippen LogP contribution in [0.15, 0.2) is 23.1 Å². The smallest absolute Gasteiger partial charge is 0.335 e. The third-order valence-electron chi connectivity index (χ3n) is 3.96. The van der Waals surface area contributed by atoms with Gasteiger partial charge in [0.2, 0.25) is 10.0 Å². The van der Waals surface area contributed by atoms with E-state index < -0.39 is 16.0 Å². The van der Waals surface area contributed by atoms with Crippen LogP contribution in [0, 0.1) is 0 Å². The average molecular weight is 340 g/mol. The maximum atomic E-state index is 12.5. The van der Waals surface area contributed by atoms with Gasteiger partial charge in [0.1, 0.15) is 4.90 Å². The standard InChI is InChI=1S/C15H20N2O5S/c18-15(19)10-3-6-13(16-9-12-2-1-7-22-12)14(8-10)23(20,21)17-11-4-5-11/h3,6,8,11-12,16-17H,1-2,4-5,7,9H2,(H,18,19). The average Bonchev–Trinajstić information content (AvgIpc) is 3.15. The van der Waals surface area contributed by atoms with Gasteiger partial charge < -0.3 is 15.2 Å². The summed E-state index contributed by atoms with van der Waals surface area (Å²) in [7, 11) is -3.75. The van der Waals surface area contributed by atoms with E-state index in [1.165, 1.54) is 18.2 Å². The van der Waals surface area contributed by atoms with E-state index in [-0.39, 0.29) is 22.6 Å². The third-order valence-corrected chi connectivity index (χ3v) is 5.52. The molecule has 3 N–H and O–H groups in total. The van der Waals surface area contributed by atoms with Crippen LogP contribution in [0.2, 0.25) is 0 Å². The number of anilines is 1. The molecule has 2 fully saturated rings. The topological polar surface area (TPSA) is 105 Å². The van der Waals surface area contributed by atoms with Gasteiger partial charge in [-0.15, -0.1) is 0 Å². The molecule has 1 atom stereocenters. The molecule has 0 aromatic heterocycles. The Labute approximate surface area is 135 Å². The predicted octanol–water partition coefficient (Wildman–Crippen LogP) is 1.42. The molecule has 0 bridgehead atoms. The summed E-state index contributed by atoms with van der Waals surface area (Å²) >= 11 is 0. The van der Waals surface area contributed by atoms with Crippen molar-refractivity contribution in [3.05, 3.63) is 23.8 Å². The number of carbonyl (C=O) groups is 1. The summed E-state index contributed by atoms with van der Waals surface area (Å²) in [6.45, 7) is 1.22. The van der Waals surface area contributed by atoms with Gasteiger partial charge in [-0.25, -0.2) is 17.9 Å². The minimum absolute atomic E-state index is 0.0257. The van der Waals surface area contributed by atoms with Crippen molar-refractivity contribution in [2.24, 2.45) is 0 Å². The zero-order valence-electron chi connectivity index (χ0n) is 12.6. The lowest BCUT2D eigenvalue weighted by Gasteiger charge is -2.16. The van der Waals surface area contributed by atoms with E-state index in [2.05, 4.69) is 10.0 Å². The number of benzene rings is 1. The first-order valence-corrected chi connectivity index (χ1v) is 9.19. The van der Waals surface area contributed by atoms with Crippen molar-refractivity contribution in [2.75, 3.05) is 18.5 Å². The number of hydrogen-bond acceptors (Lipinski definition) is 5. The van der Waals surface area contributed by atoms with Crippen molar-refractivity contribution in [1.29, 1.82) is 0 Å². The van der Waals surface area contributed by atoms with Crippen LogP contribution >= 0.6 is 0 Å². The number of rotatable bonds is 7. The molecule has 1 aliphatic heterocycles. The fourth-order valence-electron chi connectivity index (χ4n) is 2.54. The van der Waals surface area contributed by atoms with Crippen molar-refractivity contribution >= 4 is 21.7 Å². The van der Waals surface area contributed by atoms with Gasteiger partial charge in [0.25, 0.3) is 0 Å². The third kappa shape index (κ3) is 4.01. The van der Waals surface area contributed by atoms with E-state index in [1.54, 1.807) is 0 Å². The number of aromatic carboxylic acids is 1. The first-order valence-electron chi connectivity index (χ1n) is 7.71. The van der Waals surface area contributed by atoms with Crippen LogP contribution in [0.3, 0.4) is 0 Å². The van der Waals surface area contributed by atoms with Gasteiger partial charge in [0.05, 0.1) is 17.4 Å². The molecular weight excluding hydrogens is 320 g/mol. The van der Waals surface area contributed by atoms with Crippen LogP contribution in [0.4, 0.5) is 5.69 Å². The number of sulfonamides is 1. The van der Waals surface area contributed by atoms with Crippen molar-refractivity contribution in [3.63, 3.8) is 0 Å². The van der Waals surface area contributed by atoms with Crippen molar-refractivity contribution in [3.8, 4) is 0 Å². The minimum Gasteiger partial charge on any atom is -0.478 e. The van der Waals surface area contributed by atoms with Gasteiger partial charge in [-0.3, -0.25) is 0 Å². The fraction of sp³-hybridized carbons (Fsp3) is 0.533. The monoisotopic (exact) mass is 340 g/mol. The van der Waals surface area contributed by atoms with E-state index in [0.29, 0.717) is 12.2 Å². The molecule has 2 aliphatic rings. The molecule has 1 unspecified atom stereocenters. The summed E-state index contributed by atoms with van der Waals surface area (Å²) in [6.07, 6.45) is 3.62. The first kappa shape index (κ1) is 16.2. The van der Waals surface area contributed by atoms with E-state index in [0.717, 1.165) is 32.3 Å². The maximum absolute atomic E-state index is 12.5. The van der Waals surface area contributed by atoms with Gasteiger partial charge in [-0.2, -0.15) is 0 Å². The molecule has 0 radical (unpaired) electrons. The Morgan fingerprint density at radius 3 is 2.70 bits per heavy atom. The summed E-state index contributed by atoms with van der Waals surface area (Å²) < 4.78 is 33.1. The lowest BCUT2D eigenvalue weighted by atomic mass is 10.2. The van der Waals surface area contributed by atoms with Crippen molar-refractivity contribution < 1.29 is 23.1 Å². The molecule has 0 spiro atoms. The number of carboxylic acid groups (broad SMARTS) is 1. The first-order chi connectivity index (χ1) is 11.0. The molecule has 1 saturated heterocycles. The summed E-state index contributed by atoms with van der Waals surface area (Å²) in [5.74, 6) is -1.15.